The Kier molecular flexibility index (Phi) is 2.55. The third kappa shape index (κ3) is 1.76. The van der Waals surface area contributed by atoms with Crippen molar-refractivity contribution < 1.29 is 4.74 Å². The Balaban J connectivity index is 2.06. The van der Waals surface area contributed by atoms with Gasteiger partial charge in [0.15, 0.2) is 5.65 Å². The summed E-state index contributed by atoms with van der Waals surface area (Å²) in [5.41, 5.74) is 0.454. The third-order valence-electron chi connectivity index (χ3n) is 3.13. The van der Waals surface area contributed by atoms with E-state index in [-0.39, 0.29) is 11.7 Å². The quantitative estimate of drug-likeness (QED) is 0.762. The zero-order valence-electron chi connectivity index (χ0n) is 10.4. The zero-order valence-corrected chi connectivity index (χ0v) is 10.4. The van der Waals surface area contributed by atoms with E-state index < -0.39 is 0 Å². The Labute approximate surface area is 103 Å². The van der Waals surface area contributed by atoms with Crippen molar-refractivity contribution in [2.45, 2.75) is 13.0 Å². The maximum absolute atomic E-state index is 11.9. The smallest absolute Gasteiger partial charge is 0.263 e. The first-order valence-corrected chi connectivity index (χ1v) is 5.94. The standard InChI is InChI=1S/C11H15N5O2/c1-7-6-16(3-4-18-7)11-13-9-8(10(17)14-11)5-12-15(9)2/h5,7H,3-4,6H2,1-2H3,(H,13,14,17)/t7-/m0/s1. The number of aromatic amines is 1. The van der Waals surface area contributed by atoms with Crippen LogP contribution >= 0.6 is 0 Å². The molecule has 0 unspecified atom stereocenters. The minimum absolute atomic E-state index is 0.145. The van der Waals surface area contributed by atoms with Gasteiger partial charge in [-0.1, -0.05) is 0 Å². The Morgan fingerprint density at radius 1 is 1.56 bits per heavy atom. The molecule has 0 bridgehead atoms. The van der Waals surface area contributed by atoms with E-state index in [0.717, 1.165) is 13.1 Å². The number of morpholine rings is 1. The van der Waals surface area contributed by atoms with Crippen LogP contribution in [0.4, 0.5) is 5.95 Å². The van der Waals surface area contributed by atoms with Crippen LogP contribution in [0.3, 0.4) is 0 Å². The summed E-state index contributed by atoms with van der Waals surface area (Å²) < 4.78 is 7.09. The molecule has 0 saturated carbocycles. The van der Waals surface area contributed by atoms with Gasteiger partial charge in [0, 0.05) is 20.1 Å². The number of hydrogen-bond acceptors (Lipinski definition) is 5. The molecule has 2 aromatic heterocycles. The van der Waals surface area contributed by atoms with E-state index in [1.54, 1.807) is 11.7 Å². The molecule has 96 valence electrons. The van der Waals surface area contributed by atoms with E-state index >= 15 is 0 Å². The predicted molar refractivity (Wildman–Crippen MR) is 66.8 cm³/mol. The Morgan fingerprint density at radius 2 is 2.39 bits per heavy atom. The van der Waals surface area contributed by atoms with Gasteiger partial charge in [-0.3, -0.25) is 14.5 Å². The minimum Gasteiger partial charge on any atom is -0.375 e. The highest BCUT2D eigenvalue weighted by molar-refractivity contribution is 5.74. The molecular formula is C11H15N5O2. The van der Waals surface area contributed by atoms with Crippen LogP contribution in [-0.4, -0.2) is 45.5 Å². The molecule has 1 N–H and O–H groups in total. The van der Waals surface area contributed by atoms with E-state index in [4.69, 9.17) is 4.74 Å². The van der Waals surface area contributed by atoms with Crippen molar-refractivity contribution in [3.63, 3.8) is 0 Å². The lowest BCUT2D eigenvalue weighted by atomic mass is 10.3. The molecule has 1 aliphatic rings. The second kappa shape index (κ2) is 4.09. The van der Waals surface area contributed by atoms with Crippen molar-refractivity contribution in [2.24, 2.45) is 7.05 Å². The van der Waals surface area contributed by atoms with E-state index in [0.29, 0.717) is 23.6 Å². The number of hydrogen-bond donors (Lipinski definition) is 1. The summed E-state index contributed by atoms with van der Waals surface area (Å²) in [6.07, 6.45) is 1.68. The number of H-pyrrole nitrogens is 1. The molecular weight excluding hydrogens is 234 g/mol. The fourth-order valence-corrected chi connectivity index (χ4v) is 2.18. The number of ether oxygens (including phenoxy) is 1. The molecule has 2 aromatic rings. The number of aromatic nitrogens is 4. The summed E-state index contributed by atoms with van der Waals surface area (Å²) >= 11 is 0. The monoisotopic (exact) mass is 249 g/mol. The summed E-state index contributed by atoms with van der Waals surface area (Å²) in [5, 5.41) is 4.56. The predicted octanol–water partition coefficient (Wildman–Crippen LogP) is -0.118. The second-order valence-corrected chi connectivity index (χ2v) is 4.52. The van der Waals surface area contributed by atoms with Gasteiger partial charge >= 0.3 is 0 Å². The molecule has 1 aliphatic heterocycles. The van der Waals surface area contributed by atoms with Gasteiger partial charge in [0.05, 0.1) is 18.9 Å². The molecule has 7 nitrogen and oxygen atoms in total. The van der Waals surface area contributed by atoms with E-state index in [2.05, 4.69) is 15.1 Å². The highest BCUT2D eigenvalue weighted by Gasteiger charge is 2.20. The number of anilines is 1. The van der Waals surface area contributed by atoms with Crippen LogP contribution in [0.15, 0.2) is 11.0 Å². The zero-order chi connectivity index (χ0) is 12.7. The van der Waals surface area contributed by atoms with E-state index in [1.807, 2.05) is 11.8 Å². The molecule has 7 heteroatoms. The van der Waals surface area contributed by atoms with Gasteiger partial charge in [-0.05, 0) is 6.92 Å². The van der Waals surface area contributed by atoms with E-state index in [9.17, 15) is 4.79 Å². The number of fused-ring (bicyclic) bond motifs is 1. The van der Waals surface area contributed by atoms with Crippen LogP contribution in [0.1, 0.15) is 6.92 Å². The first kappa shape index (κ1) is 11.2. The molecule has 1 fully saturated rings. The third-order valence-corrected chi connectivity index (χ3v) is 3.13. The topological polar surface area (TPSA) is 76.0 Å². The number of aryl methyl sites for hydroxylation is 1. The van der Waals surface area contributed by atoms with Crippen LogP contribution in [-0.2, 0) is 11.8 Å². The average molecular weight is 249 g/mol. The number of nitrogens with zero attached hydrogens (tertiary/aromatic N) is 4. The van der Waals surface area contributed by atoms with Crippen LogP contribution < -0.4 is 10.5 Å². The SMILES string of the molecule is C[C@H]1CN(c2nc3c(cnn3C)c(=O)[nH]2)CCO1. The molecule has 0 radical (unpaired) electrons. The highest BCUT2D eigenvalue weighted by Crippen LogP contribution is 2.14. The Hall–Kier alpha value is -1.89. The van der Waals surface area contributed by atoms with Crippen LogP contribution in [0.25, 0.3) is 11.0 Å². The van der Waals surface area contributed by atoms with Crippen molar-refractivity contribution >= 4 is 17.0 Å². The van der Waals surface area contributed by atoms with Crippen molar-refractivity contribution in [1.82, 2.24) is 19.7 Å². The number of rotatable bonds is 1. The first-order valence-electron chi connectivity index (χ1n) is 5.94. The van der Waals surface area contributed by atoms with E-state index in [1.165, 1.54) is 6.20 Å². The molecule has 3 heterocycles. The van der Waals surface area contributed by atoms with Crippen molar-refractivity contribution in [3.8, 4) is 0 Å². The lowest BCUT2D eigenvalue weighted by molar-refractivity contribution is 0.0526. The molecule has 0 spiro atoms. The van der Waals surface area contributed by atoms with Crippen molar-refractivity contribution in [2.75, 3.05) is 24.6 Å². The molecule has 1 atom stereocenters. The molecule has 0 aromatic carbocycles. The van der Waals surface area contributed by atoms with Gasteiger partial charge in [0.2, 0.25) is 5.95 Å². The van der Waals surface area contributed by atoms with Gasteiger partial charge in [0.25, 0.3) is 5.56 Å². The average Bonchev–Trinajstić information content (AvgIpc) is 2.72. The molecule has 18 heavy (non-hydrogen) atoms. The first-order chi connectivity index (χ1) is 8.65. The van der Waals surface area contributed by atoms with Gasteiger partial charge < -0.3 is 9.64 Å². The summed E-state index contributed by atoms with van der Waals surface area (Å²) in [7, 11) is 1.78. The Bertz CT molecular complexity index is 632. The summed E-state index contributed by atoms with van der Waals surface area (Å²) in [4.78, 5) is 21.2. The largest absolute Gasteiger partial charge is 0.375 e. The molecule has 1 saturated heterocycles. The second-order valence-electron chi connectivity index (χ2n) is 4.52. The van der Waals surface area contributed by atoms with Crippen LogP contribution in [0.5, 0.6) is 0 Å². The van der Waals surface area contributed by atoms with Gasteiger partial charge in [-0.25, -0.2) is 0 Å². The normalized spacial score (nSPS) is 20.6. The maximum atomic E-state index is 11.9. The molecule has 0 aliphatic carbocycles. The van der Waals surface area contributed by atoms with Crippen molar-refractivity contribution in [3.05, 3.63) is 16.6 Å². The fraction of sp³-hybridized carbons (Fsp3) is 0.545. The number of nitrogens with one attached hydrogen (secondary N) is 1. The molecule has 3 rings (SSSR count). The Morgan fingerprint density at radius 3 is 3.17 bits per heavy atom. The fourth-order valence-electron chi connectivity index (χ4n) is 2.18. The lowest BCUT2D eigenvalue weighted by Crippen LogP contribution is -2.42. The highest BCUT2D eigenvalue weighted by atomic mass is 16.5. The summed E-state index contributed by atoms with van der Waals surface area (Å²) in [6.45, 7) is 4.12. The maximum Gasteiger partial charge on any atom is 0.263 e. The summed E-state index contributed by atoms with van der Waals surface area (Å²) in [5.74, 6) is 0.589. The van der Waals surface area contributed by atoms with Crippen LogP contribution in [0.2, 0.25) is 0 Å². The summed E-state index contributed by atoms with van der Waals surface area (Å²) in [6, 6.07) is 0. The van der Waals surface area contributed by atoms with Gasteiger partial charge in [-0.15, -0.1) is 0 Å². The van der Waals surface area contributed by atoms with Crippen molar-refractivity contribution in [1.29, 1.82) is 0 Å². The van der Waals surface area contributed by atoms with Gasteiger partial charge in [-0.2, -0.15) is 10.1 Å². The molecule has 0 amide bonds. The van der Waals surface area contributed by atoms with Crippen LogP contribution in [0, 0.1) is 0 Å². The van der Waals surface area contributed by atoms with Gasteiger partial charge in [0.1, 0.15) is 5.39 Å². The minimum atomic E-state index is -0.151. The lowest BCUT2D eigenvalue weighted by Gasteiger charge is -2.31.